The Morgan fingerprint density at radius 2 is 0.957 bits per heavy atom. The van der Waals surface area contributed by atoms with Crippen molar-refractivity contribution in [2.45, 2.75) is 26.2 Å². The van der Waals surface area contributed by atoms with E-state index in [0.29, 0.717) is 0 Å². The van der Waals surface area contributed by atoms with Gasteiger partial charge in [-0.05, 0) is 59.2 Å². The number of hydrogen-bond donors (Lipinski definition) is 0. The van der Waals surface area contributed by atoms with Gasteiger partial charge in [-0.15, -0.1) is 0 Å². The van der Waals surface area contributed by atoms with Crippen molar-refractivity contribution in [2.24, 2.45) is 0 Å². The van der Waals surface area contributed by atoms with E-state index in [2.05, 4.69) is 67.6 Å². The van der Waals surface area contributed by atoms with Gasteiger partial charge in [0.2, 0.25) is 0 Å². The summed E-state index contributed by atoms with van der Waals surface area (Å²) in [5.41, 5.74) is 6.64. The monoisotopic (exact) mass is 320 g/mol. The van der Waals surface area contributed by atoms with Crippen LogP contribution in [0, 0.1) is 0 Å². The van der Waals surface area contributed by atoms with E-state index >= 15 is 0 Å². The second-order valence-electron chi connectivity index (χ2n) is 5.87. The molecule has 3 aromatic rings. The summed E-state index contributed by atoms with van der Waals surface area (Å²) in [5, 5.41) is 0.798. The Kier molecular flexibility index (Phi) is 5.15. The lowest BCUT2D eigenvalue weighted by Gasteiger charge is -2.06. The lowest BCUT2D eigenvalue weighted by Crippen LogP contribution is -1.91. The van der Waals surface area contributed by atoms with Crippen molar-refractivity contribution in [3.63, 3.8) is 0 Å². The van der Waals surface area contributed by atoms with Gasteiger partial charge >= 0.3 is 0 Å². The Hall–Kier alpha value is -2.05. The molecule has 0 bridgehead atoms. The molecule has 3 rings (SSSR count). The number of aryl methyl sites for hydroxylation is 3. The highest BCUT2D eigenvalue weighted by molar-refractivity contribution is 6.30. The van der Waals surface area contributed by atoms with E-state index in [1.54, 1.807) is 0 Å². The first kappa shape index (κ1) is 15.8. The Morgan fingerprint density at radius 3 is 1.39 bits per heavy atom. The molecular weight excluding hydrogens is 300 g/mol. The first-order valence-corrected chi connectivity index (χ1v) is 8.55. The first-order valence-electron chi connectivity index (χ1n) is 8.17. The van der Waals surface area contributed by atoms with E-state index in [1.165, 1.54) is 27.8 Å². The molecule has 0 saturated heterocycles. The number of hydrogen-bond acceptors (Lipinski definition) is 0. The molecule has 3 aromatic carbocycles. The summed E-state index contributed by atoms with van der Waals surface area (Å²) in [7, 11) is 0. The Morgan fingerprint density at radius 1 is 0.565 bits per heavy atom. The molecule has 0 saturated carbocycles. The molecule has 0 radical (unpaired) electrons. The highest BCUT2D eigenvalue weighted by atomic mass is 35.5. The standard InChI is InChI=1S/C22H21Cl/c1-2-17-5-11-20(12-6-17)21-13-7-18(8-14-21)3-4-19-9-15-22(23)16-10-19/h5-16H,2-4H2,1H3. The average Bonchev–Trinajstić information content (AvgIpc) is 2.62. The van der Waals surface area contributed by atoms with Crippen molar-refractivity contribution in [3.8, 4) is 11.1 Å². The zero-order valence-electron chi connectivity index (χ0n) is 13.4. The van der Waals surface area contributed by atoms with E-state index in [-0.39, 0.29) is 0 Å². The minimum absolute atomic E-state index is 0.798. The van der Waals surface area contributed by atoms with Crippen LogP contribution in [-0.2, 0) is 19.3 Å². The molecule has 0 spiro atoms. The molecule has 0 unspecified atom stereocenters. The fourth-order valence-electron chi connectivity index (χ4n) is 2.74. The van der Waals surface area contributed by atoms with Crippen LogP contribution in [-0.4, -0.2) is 0 Å². The zero-order chi connectivity index (χ0) is 16.1. The molecular formula is C22H21Cl. The van der Waals surface area contributed by atoms with Gasteiger partial charge in [0.1, 0.15) is 0 Å². The van der Waals surface area contributed by atoms with Gasteiger partial charge in [-0.25, -0.2) is 0 Å². The molecule has 0 nitrogen and oxygen atoms in total. The van der Waals surface area contributed by atoms with Gasteiger partial charge < -0.3 is 0 Å². The summed E-state index contributed by atoms with van der Waals surface area (Å²) in [4.78, 5) is 0. The SMILES string of the molecule is CCc1ccc(-c2ccc(CCc3ccc(Cl)cc3)cc2)cc1. The summed E-state index contributed by atoms with van der Waals surface area (Å²) in [6.07, 6.45) is 3.18. The minimum Gasteiger partial charge on any atom is -0.0843 e. The van der Waals surface area contributed by atoms with Gasteiger partial charge in [-0.1, -0.05) is 79.2 Å². The Balaban J connectivity index is 1.65. The third kappa shape index (κ3) is 4.24. The first-order chi connectivity index (χ1) is 11.2. The Labute approximate surface area is 143 Å². The third-order valence-corrected chi connectivity index (χ3v) is 4.52. The summed E-state index contributed by atoms with van der Waals surface area (Å²) in [6.45, 7) is 2.19. The topological polar surface area (TPSA) is 0 Å². The maximum Gasteiger partial charge on any atom is 0.0406 e. The molecule has 1 heteroatoms. The van der Waals surface area contributed by atoms with Crippen LogP contribution in [0.3, 0.4) is 0 Å². The van der Waals surface area contributed by atoms with E-state index in [1.807, 2.05) is 12.1 Å². The smallest absolute Gasteiger partial charge is 0.0406 e. The van der Waals surface area contributed by atoms with Gasteiger partial charge in [-0.3, -0.25) is 0 Å². The summed E-state index contributed by atoms with van der Waals surface area (Å²) in [6, 6.07) is 25.9. The minimum atomic E-state index is 0.798. The zero-order valence-corrected chi connectivity index (χ0v) is 14.2. The molecule has 0 aliphatic rings. The molecule has 0 N–H and O–H groups in total. The fourth-order valence-corrected chi connectivity index (χ4v) is 2.86. The quantitative estimate of drug-likeness (QED) is 0.513. The van der Waals surface area contributed by atoms with Gasteiger partial charge in [0.05, 0.1) is 0 Å². The van der Waals surface area contributed by atoms with E-state index in [4.69, 9.17) is 11.6 Å². The third-order valence-electron chi connectivity index (χ3n) is 4.27. The van der Waals surface area contributed by atoms with Crippen LogP contribution < -0.4 is 0 Å². The predicted molar refractivity (Wildman–Crippen MR) is 100 cm³/mol. The van der Waals surface area contributed by atoms with Crippen LogP contribution in [0.1, 0.15) is 23.6 Å². The molecule has 0 fully saturated rings. The Bertz CT molecular complexity index is 737. The summed E-state index contributed by atoms with van der Waals surface area (Å²) in [5.74, 6) is 0. The molecule has 0 amide bonds. The fraction of sp³-hybridized carbons (Fsp3) is 0.182. The molecule has 0 atom stereocenters. The molecule has 23 heavy (non-hydrogen) atoms. The van der Waals surface area contributed by atoms with Crippen LogP contribution in [0.15, 0.2) is 72.8 Å². The maximum absolute atomic E-state index is 5.92. The number of benzene rings is 3. The predicted octanol–water partition coefficient (Wildman–Crippen LogP) is 6.35. The highest BCUT2D eigenvalue weighted by Crippen LogP contribution is 2.21. The molecule has 0 heterocycles. The van der Waals surface area contributed by atoms with Crippen LogP contribution in [0.5, 0.6) is 0 Å². The van der Waals surface area contributed by atoms with E-state index in [0.717, 1.165) is 24.3 Å². The lowest BCUT2D eigenvalue weighted by atomic mass is 9.99. The van der Waals surface area contributed by atoms with Crippen LogP contribution >= 0.6 is 11.6 Å². The van der Waals surface area contributed by atoms with E-state index < -0.39 is 0 Å². The van der Waals surface area contributed by atoms with Crippen molar-refractivity contribution in [1.29, 1.82) is 0 Å². The molecule has 116 valence electrons. The highest BCUT2D eigenvalue weighted by Gasteiger charge is 2.00. The van der Waals surface area contributed by atoms with Crippen molar-refractivity contribution in [1.82, 2.24) is 0 Å². The number of halogens is 1. The average molecular weight is 321 g/mol. The maximum atomic E-state index is 5.92. The lowest BCUT2D eigenvalue weighted by molar-refractivity contribution is 0.960. The van der Waals surface area contributed by atoms with Crippen molar-refractivity contribution in [2.75, 3.05) is 0 Å². The van der Waals surface area contributed by atoms with Gasteiger partial charge in [0.15, 0.2) is 0 Å². The van der Waals surface area contributed by atoms with Gasteiger partial charge in [-0.2, -0.15) is 0 Å². The molecule has 0 aliphatic heterocycles. The van der Waals surface area contributed by atoms with Crippen molar-refractivity contribution < 1.29 is 0 Å². The molecule has 0 aliphatic carbocycles. The van der Waals surface area contributed by atoms with Crippen molar-refractivity contribution >= 4 is 11.6 Å². The van der Waals surface area contributed by atoms with Crippen molar-refractivity contribution in [3.05, 3.63) is 94.5 Å². The van der Waals surface area contributed by atoms with Gasteiger partial charge in [0, 0.05) is 5.02 Å². The normalized spacial score (nSPS) is 10.7. The molecule has 0 aromatic heterocycles. The largest absolute Gasteiger partial charge is 0.0843 e. The van der Waals surface area contributed by atoms with E-state index in [9.17, 15) is 0 Å². The second kappa shape index (κ2) is 7.48. The van der Waals surface area contributed by atoms with Gasteiger partial charge in [0.25, 0.3) is 0 Å². The summed E-state index contributed by atoms with van der Waals surface area (Å²) >= 11 is 5.92. The second-order valence-corrected chi connectivity index (χ2v) is 6.31. The van der Waals surface area contributed by atoms with Crippen LogP contribution in [0.2, 0.25) is 5.02 Å². The van der Waals surface area contributed by atoms with Crippen LogP contribution in [0.4, 0.5) is 0 Å². The summed E-state index contributed by atoms with van der Waals surface area (Å²) < 4.78 is 0. The number of rotatable bonds is 5. The van der Waals surface area contributed by atoms with Crippen LogP contribution in [0.25, 0.3) is 11.1 Å².